The lowest BCUT2D eigenvalue weighted by atomic mass is 10.1. The molecule has 2 aliphatic rings. The van der Waals surface area contributed by atoms with Gasteiger partial charge >= 0.3 is 6.09 Å². The van der Waals surface area contributed by atoms with Crippen LogP contribution in [0.15, 0.2) is 65.5 Å². The molecule has 0 saturated carbocycles. The lowest BCUT2D eigenvalue weighted by Gasteiger charge is -2.36. The van der Waals surface area contributed by atoms with Crippen LogP contribution < -0.4 is 9.80 Å². The summed E-state index contributed by atoms with van der Waals surface area (Å²) in [6.45, 7) is 11.7. The summed E-state index contributed by atoms with van der Waals surface area (Å²) in [6, 6.07) is 14.6. The third kappa shape index (κ3) is 5.60. The molecule has 1 amide bonds. The Labute approximate surface area is 234 Å². The minimum atomic E-state index is -0.481. The zero-order chi connectivity index (χ0) is 27.7. The second-order valence-corrected chi connectivity index (χ2v) is 11.2. The SMILES string of the molecule is CC(C)(C)OC(=O)N1CCN(c2ccc(-c3cnc4c(-c5ccc(N6CCOCC6)nc5)coc4c3)cc2)CC1. The lowest BCUT2D eigenvalue weighted by molar-refractivity contribution is 0.0240. The van der Waals surface area contributed by atoms with Crippen molar-refractivity contribution in [2.45, 2.75) is 26.4 Å². The Hall–Kier alpha value is -4.11. The Morgan fingerprint density at radius 1 is 0.825 bits per heavy atom. The molecule has 5 heterocycles. The number of hydrogen-bond donors (Lipinski definition) is 0. The van der Waals surface area contributed by atoms with Gasteiger partial charge in [-0.25, -0.2) is 9.78 Å². The third-order valence-corrected chi connectivity index (χ3v) is 7.30. The van der Waals surface area contributed by atoms with Crippen molar-refractivity contribution in [3.8, 4) is 22.3 Å². The van der Waals surface area contributed by atoms with E-state index in [1.165, 1.54) is 0 Å². The fourth-order valence-electron chi connectivity index (χ4n) is 5.14. The minimum Gasteiger partial charge on any atom is -0.462 e. The van der Waals surface area contributed by atoms with E-state index in [2.05, 4.69) is 45.1 Å². The number of carbonyl (C=O) groups is 1. The highest BCUT2D eigenvalue weighted by Gasteiger charge is 2.26. The van der Waals surface area contributed by atoms with Gasteiger partial charge < -0.3 is 28.6 Å². The number of amides is 1. The molecule has 0 unspecified atom stereocenters. The van der Waals surface area contributed by atoms with Gasteiger partial charge in [-0.15, -0.1) is 0 Å². The van der Waals surface area contributed by atoms with Crippen molar-refractivity contribution in [2.24, 2.45) is 0 Å². The summed E-state index contributed by atoms with van der Waals surface area (Å²) in [6.07, 6.45) is 5.29. The number of fused-ring (bicyclic) bond motifs is 1. The maximum absolute atomic E-state index is 12.4. The molecule has 9 heteroatoms. The van der Waals surface area contributed by atoms with E-state index < -0.39 is 5.60 Å². The van der Waals surface area contributed by atoms with Crippen LogP contribution in [0.2, 0.25) is 0 Å². The summed E-state index contributed by atoms with van der Waals surface area (Å²) in [5.41, 5.74) is 6.20. The van der Waals surface area contributed by atoms with Crippen molar-refractivity contribution >= 4 is 28.7 Å². The number of nitrogens with zero attached hydrogens (tertiary/aromatic N) is 5. The van der Waals surface area contributed by atoms with Gasteiger partial charge in [-0.1, -0.05) is 12.1 Å². The molecule has 0 bridgehead atoms. The summed E-state index contributed by atoms with van der Waals surface area (Å²) in [5.74, 6) is 0.962. The van der Waals surface area contributed by atoms with E-state index in [1.54, 1.807) is 11.2 Å². The van der Waals surface area contributed by atoms with Gasteiger partial charge in [0.2, 0.25) is 0 Å². The molecule has 3 aromatic heterocycles. The first-order chi connectivity index (χ1) is 19.3. The molecule has 0 aliphatic carbocycles. The number of benzene rings is 1. The van der Waals surface area contributed by atoms with Crippen LogP contribution in [0.4, 0.5) is 16.3 Å². The summed E-state index contributed by atoms with van der Waals surface area (Å²) in [4.78, 5) is 28.1. The fourth-order valence-corrected chi connectivity index (χ4v) is 5.14. The topological polar surface area (TPSA) is 84.2 Å². The van der Waals surface area contributed by atoms with Crippen molar-refractivity contribution in [3.05, 3.63) is 61.1 Å². The molecule has 2 aliphatic heterocycles. The number of anilines is 2. The van der Waals surface area contributed by atoms with Gasteiger partial charge in [-0.3, -0.25) is 4.98 Å². The van der Waals surface area contributed by atoms with E-state index in [0.29, 0.717) is 13.1 Å². The first-order valence-electron chi connectivity index (χ1n) is 13.8. The molecule has 4 aromatic rings. The van der Waals surface area contributed by atoms with Gasteiger partial charge in [0, 0.05) is 74.0 Å². The van der Waals surface area contributed by atoms with Gasteiger partial charge in [0.15, 0.2) is 5.58 Å². The Balaban J connectivity index is 1.12. The standard InChI is InChI=1S/C31H35N5O4/c1-31(2,3)40-30(37)36-12-10-34(11-13-36)25-7-4-22(5-8-25)24-18-27-29(33-20-24)26(21-39-27)23-6-9-28(32-19-23)35-14-16-38-17-15-35/h4-9,18-21H,10-17H2,1-3H3. The summed E-state index contributed by atoms with van der Waals surface area (Å²) >= 11 is 0. The first-order valence-corrected chi connectivity index (χ1v) is 13.8. The van der Waals surface area contributed by atoms with Crippen molar-refractivity contribution in [2.75, 3.05) is 62.3 Å². The highest BCUT2D eigenvalue weighted by atomic mass is 16.6. The van der Waals surface area contributed by atoms with Crippen LogP contribution in [0.5, 0.6) is 0 Å². The number of pyridine rings is 2. The normalized spacial score (nSPS) is 16.4. The third-order valence-electron chi connectivity index (χ3n) is 7.30. The zero-order valence-electron chi connectivity index (χ0n) is 23.3. The number of hydrogen-bond acceptors (Lipinski definition) is 8. The molecule has 208 valence electrons. The Kier molecular flexibility index (Phi) is 7.06. The van der Waals surface area contributed by atoms with Crippen LogP contribution in [0.1, 0.15) is 20.8 Å². The molecule has 40 heavy (non-hydrogen) atoms. The van der Waals surface area contributed by atoms with Crippen LogP contribution in [-0.2, 0) is 9.47 Å². The summed E-state index contributed by atoms with van der Waals surface area (Å²) in [7, 11) is 0. The predicted octanol–water partition coefficient (Wildman–Crippen LogP) is 5.45. The van der Waals surface area contributed by atoms with E-state index in [-0.39, 0.29) is 6.09 Å². The van der Waals surface area contributed by atoms with Gasteiger partial charge in [-0.05, 0) is 56.7 Å². The number of carbonyl (C=O) groups excluding carboxylic acids is 1. The highest BCUT2D eigenvalue weighted by Crippen LogP contribution is 2.33. The number of furan rings is 1. The lowest BCUT2D eigenvalue weighted by Crippen LogP contribution is -2.50. The van der Waals surface area contributed by atoms with Gasteiger partial charge in [0.25, 0.3) is 0 Å². The van der Waals surface area contributed by atoms with Crippen molar-refractivity contribution in [3.63, 3.8) is 0 Å². The molecule has 1 aromatic carbocycles. The van der Waals surface area contributed by atoms with Crippen LogP contribution in [0.25, 0.3) is 33.4 Å². The number of ether oxygens (including phenoxy) is 2. The van der Waals surface area contributed by atoms with E-state index >= 15 is 0 Å². The second-order valence-electron chi connectivity index (χ2n) is 11.2. The molecule has 6 rings (SSSR count). The van der Waals surface area contributed by atoms with Crippen LogP contribution in [-0.4, -0.2) is 79.0 Å². The maximum Gasteiger partial charge on any atom is 0.410 e. The predicted molar refractivity (Wildman–Crippen MR) is 156 cm³/mol. The second kappa shape index (κ2) is 10.8. The zero-order valence-corrected chi connectivity index (χ0v) is 23.3. The molecule has 0 radical (unpaired) electrons. The van der Waals surface area contributed by atoms with Crippen LogP contribution in [0.3, 0.4) is 0 Å². The van der Waals surface area contributed by atoms with E-state index in [9.17, 15) is 4.79 Å². The average molecular weight is 542 g/mol. The number of aromatic nitrogens is 2. The largest absolute Gasteiger partial charge is 0.462 e. The number of piperazine rings is 1. The molecule has 0 N–H and O–H groups in total. The Morgan fingerprint density at radius 2 is 1.52 bits per heavy atom. The molecular weight excluding hydrogens is 506 g/mol. The minimum absolute atomic E-state index is 0.243. The maximum atomic E-state index is 12.4. The van der Waals surface area contributed by atoms with Crippen LogP contribution in [0, 0.1) is 0 Å². The molecule has 0 atom stereocenters. The van der Waals surface area contributed by atoms with Gasteiger partial charge in [0.05, 0.1) is 13.2 Å². The van der Waals surface area contributed by atoms with Crippen molar-refractivity contribution in [1.29, 1.82) is 0 Å². The summed E-state index contributed by atoms with van der Waals surface area (Å²) in [5, 5.41) is 0. The molecule has 0 spiro atoms. The van der Waals surface area contributed by atoms with Gasteiger partial charge in [0.1, 0.15) is 23.2 Å². The van der Waals surface area contributed by atoms with E-state index in [1.807, 2.05) is 45.3 Å². The average Bonchev–Trinajstić information content (AvgIpc) is 3.40. The Morgan fingerprint density at radius 3 is 2.20 bits per heavy atom. The fraction of sp³-hybridized carbons (Fsp3) is 0.387. The monoisotopic (exact) mass is 541 g/mol. The van der Waals surface area contributed by atoms with E-state index in [4.69, 9.17) is 18.9 Å². The van der Waals surface area contributed by atoms with Crippen molar-refractivity contribution < 1.29 is 18.7 Å². The number of morpholine rings is 1. The van der Waals surface area contributed by atoms with E-state index in [0.717, 1.165) is 84.3 Å². The molecule has 2 fully saturated rings. The Bertz CT molecular complexity index is 1460. The molecule has 2 saturated heterocycles. The quantitative estimate of drug-likeness (QED) is 0.337. The molecule has 9 nitrogen and oxygen atoms in total. The summed E-state index contributed by atoms with van der Waals surface area (Å²) < 4.78 is 16.9. The van der Waals surface area contributed by atoms with Crippen molar-refractivity contribution in [1.82, 2.24) is 14.9 Å². The number of rotatable bonds is 4. The van der Waals surface area contributed by atoms with Crippen LogP contribution >= 0.6 is 0 Å². The first kappa shape index (κ1) is 26.1. The van der Waals surface area contributed by atoms with Gasteiger partial charge in [-0.2, -0.15) is 0 Å². The smallest absolute Gasteiger partial charge is 0.410 e. The highest BCUT2D eigenvalue weighted by molar-refractivity contribution is 5.92. The molecular formula is C31H35N5O4.